The van der Waals surface area contributed by atoms with Crippen LogP contribution in [-0.4, -0.2) is 10.9 Å². The van der Waals surface area contributed by atoms with Crippen molar-refractivity contribution < 1.29 is 9.18 Å². The SMILES string of the molecule is Cc1[nH]c2ccc(C(=O)NC(C)c3ccc(F)cc3)cc2c1C. The smallest absolute Gasteiger partial charge is 0.251 e. The molecule has 3 aromatic rings. The summed E-state index contributed by atoms with van der Waals surface area (Å²) < 4.78 is 13.0. The summed E-state index contributed by atoms with van der Waals surface area (Å²) in [6.07, 6.45) is 0. The van der Waals surface area contributed by atoms with Gasteiger partial charge in [0.15, 0.2) is 0 Å². The van der Waals surface area contributed by atoms with E-state index in [9.17, 15) is 9.18 Å². The molecule has 1 atom stereocenters. The molecule has 2 N–H and O–H groups in total. The number of hydrogen-bond donors (Lipinski definition) is 2. The van der Waals surface area contributed by atoms with Gasteiger partial charge in [0, 0.05) is 22.2 Å². The zero-order valence-electron chi connectivity index (χ0n) is 13.4. The van der Waals surface area contributed by atoms with Gasteiger partial charge in [0.05, 0.1) is 6.04 Å². The van der Waals surface area contributed by atoms with Gasteiger partial charge in [0.2, 0.25) is 0 Å². The molecule has 0 spiro atoms. The number of carbonyl (C=O) groups is 1. The molecule has 118 valence electrons. The number of nitrogens with one attached hydrogen (secondary N) is 2. The zero-order chi connectivity index (χ0) is 16.6. The first-order valence-corrected chi connectivity index (χ1v) is 7.61. The Morgan fingerprint density at radius 2 is 1.83 bits per heavy atom. The van der Waals surface area contributed by atoms with E-state index >= 15 is 0 Å². The molecule has 23 heavy (non-hydrogen) atoms. The van der Waals surface area contributed by atoms with Crippen molar-refractivity contribution in [2.75, 3.05) is 0 Å². The Hall–Kier alpha value is -2.62. The maximum Gasteiger partial charge on any atom is 0.251 e. The summed E-state index contributed by atoms with van der Waals surface area (Å²) in [5, 5.41) is 4.01. The zero-order valence-corrected chi connectivity index (χ0v) is 13.4. The van der Waals surface area contributed by atoms with E-state index in [1.165, 1.54) is 12.1 Å². The summed E-state index contributed by atoms with van der Waals surface area (Å²) in [6.45, 7) is 5.94. The second-order valence-corrected chi connectivity index (χ2v) is 5.88. The van der Waals surface area contributed by atoms with Crippen molar-refractivity contribution in [3.8, 4) is 0 Å². The summed E-state index contributed by atoms with van der Waals surface area (Å²) in [5.74, 6) is -0.419. The van der Waals surface area contributed by atoms with Crippen LogP contribution in [0.25, 0.3) is 10.9 Å². The lowest BCUT2D eigenvalue weighted by molar-refractivity contribution is 0.0940. The van der Waals surface area contributed by atoms with Gasteiger partial charge in [-0.05, 0) is 62.2 Å². The van der Waals surface area contributed by atoms with Crippen LogP contribution >= 0.6 is 0 Å². The molecule has 1 heterocycles. The monoisotopic (exact) mass is 310 g/mol. The molecule has 3 nitrogen and oxygen atoms in total. The van der Waals surface area contributed by atoms with E-state index in [2.05, 4.69) is 10.3 Å². The van der Waals surface area contributed by atoms with Gasteiger partial charge >= 0.3 is 0 Å². The van der Waals surface area contributed by atoms with E-state index in [4.69, 9.17) is 0 Å². The van der Waals surface area contributed by atoms with Crippen molar-refractivity contribution >= 4 is 16.8 Å². The Balaban J connectivity index is 1.82. The first-order valence-electron chi connectivity index (χ1n) is 7.61. The van der Waals surface area contributed by atoms with Crippen LogP contribution in [0.5, 0.6) is 0 Å². The number of amides is 1. The molecule has 1 unspecified atom stereocenters. The molecule has 0 aliphatic heterocycles. The lowest BCUT2D eigenvalue weighted by Gasteiger charge is -2.14. The molecule has 1 aromatic heterocycles. The summed E-state index contributed by atoms with van der Waals surface area (Å²) in [4.78, 5) is 15.8. The predicted octanol–water partition coefficient (Wildman–Crippen LogP) is 4.41. The fourth-order valence-corrected chi connectivity index (χ4v) is 2.72. The lowest BCUT2D eigenvalue weighted by Crippen LogP contribution is -2.26. The fraction of sp³-hybridized carbons (Fsp3) is 0.211. The molecule has 2 aromatic carbocycles. The van der Waals surface area contributed by atoms with Crippen LogP contribution in [-0.2, 0) is 0 Å². The van der Waals surface area contributed by atoms with Crippen LogP contribution in [0.3, 0.4) is 0 Å². The summed E-state index contributed by atoms with van der Waals surface area (Å²) in [6, 6.07) is 11.6. The van der Waals surface area contributed by atoms with Gasteiger partial charge in [-0.25, -0.2) is 4.39 Å². The van der Waals surface area contributed by atoms with E-state index in [1.54, 1.807) is 12.1 Å². The number of aromatic nitrogens is 1. The molecule has 0 bridgehead atoms. The molecule has 4 heteroatoms. The summed E-state index contributed by atoms with van der Waals surface area (Å²) in [7, 11) is 0. The highest BCUT2D eigenvalue weighted by Crippen LogP contribution is 2.23. The highest BCUT2D eigenvalue weighted by Gasteiger charge is 2.13. The van der Waals surface area contributed by atoms with E-state index in [0.29, 0.717) is 5.56 Å². The summed E-state index contributed by atoms with van der Waals surface area (Å²) in [5.41, 5.74) is 4.78. The van der Waals surface area contributed by atoms with E-state index in [1.807, 2.05) is 39.0 Å². The minimum absolute atomic E-state index is 0.137. The van der Waals surface area contributed by atoms with Crippen molar-refractivity contribution in [2.45, 2.75) is 26.8 Å². The minimum Gasteiger partial charge on any atom is -0.358 e. The van der Waals surface area contributed by atoms with Crippen molar-refractivity contribution in [1.82, 2.24) is 10.3 Å². The van der Waals surface area contributed by atoms with E-state index in [-0.39, 0.29) is 17.8 Å². The van der Waals surface area contributed by atoms with Gasteiger partial charge in [-0.3, -0.25) is 4.79 Å². The molecule has 0 aliphatic carbocycles. The molecule has 0 saturated heterocycles. The van der Waals surface area contributed by atoms with E-state index < -0.39 is 0 Å². The third-order valence-corrected chi connectivity index (χ3v) is 4.29. The Labute approximate surface area is 134 Å². The number of rotatable bonds is 3. The minimum atomic E-state index is -0.281. The standard InChI is InChI=1S/C19H19FN2O/c1-11-12(2)21-18-9-6-15(10-17(11)18)19(23)22-13(3)14-4-7-16(20)8-5-14/h4-10,13,21H,1-3H3,(H,22,23). The number of benzene rings is 2. The predicted molar refractivity (Wildman–Crippen MR) is 90.1 cm³/mol. The highest BCUT2D eigenvalue weighted by atomic mass is 19.1. The van der Waals surface area contributed by atoms with Gasteiger partial charge < -0.3 is 10.3 Å². The highest BCUT2D eigenvalue weighted by molar-refractivity contribution is 5.99. The normalized spacial score (nSPS) is 12.3. The first kappa shape index (κ1) is 15.3. The molecular weight excluding hydrogens is 291 g/mol. The van der Waals surface area contributed by atoms with Gasteiger partial charge in [-0.1, -0.05) is 12.1 Å². The second kappa shape index (κ2) is 5.88. The van der Waals surface area contributed by atoms with Crippen molar-refractivity contribution in [3.63, 3.8) is 0 Å². The average Bonchev–Trinajstić information content (AvgIpc) is 2.82. The number of halogens is 1. The van der Waals surface area contributed by atoms with E-state index in [0.717, 1.165) is 27.7 Å². The van der Waals surface area contributed by atoms with Gasteiger partial charge in [-0.15, -0.1) is 0 Å². The number of carbonyl (C=O) groups excluding carboxylic acids is 1. The van der Waals surface area contributed by atoms with Crippen molar-refractivity contribution in [1.29, 1.82) is 0 Å². The molecule has 3 rings (SSSR count). The number of aromatic amines is 1. The Morgan fingerprint density at radius 1 is 1.13 bits per heavy atom. The average molecular weight is 310 g/mol. The van der Waals surface area contributed by atoms with Crippen molar-refractivity contribution in [3.05, 3.63) is 70.7 Å². The number of aryl methyl sites for hydroxylation is 2. The maximum absolute atomic E-state index is 13.0. The van der Waals surface area contributed by atoms with Crippen LogP contribution in [0.1, 0.15) is 40.1 Å². The maximum atomic E-state index is 13.0. The Bertz CT molecular complexity index is 865. The van der Waals surface area contributed by atoms with Crippen LogP contribution < -0.4 is 5.32 Å². The topological polar surface area (TPSA) is 44.9 Å². The molecule has 0 radical (unpaired) electrons. The Kier molecular flexibility index (Phi) is 3.90. The molecule has 0 fully saturated rings. The third-order valence-electron chi connectivity index (χ3n) is 4.29. The molecule has 0 saturated carbocycles. The van der Waals surface area contributed by atoms with Gasteiger partial charge in [-0.2, -0.15) is 0 Å². The Morgan fingerprint density at radius 3 is 2.52 bits per heavy atom. The lowest BCUT2D eigenvalue weighted by atomic mass is 10.1. The largest absolute Gasteiger partial charge is 0.358 e. The van der Waals surface area contributed by atoms with Gasteiger partial charge in [0.1, 0.15) is 5.82 Å². The molecule has 1 amide bonds. The summed E-state index contributed by atoms with van der Waals surface area (Å²) >= 11 is 0. The second-order valence-electron chi connectivity index (χ2n) is 5.88. The number of H-pyrrole nitrogens is 1. The van der Waals surface area contributed by atoms with Crippen LogP contribution in [0.4, 0.5) is 4.39 Å². The quantitative estimate of drug-likeness (QED) is 0.739. The number of fused-ring (bicyclic) bond motifs is 1. The van der Waals surface area contributed by atoms with Crippen LogP contribution in [0.15, 0.2) is 42.5 Å². The van der Waals surface area contributed by atoms with Crippen molar-refractivity contribution in [2.24, 2.45) is 0 Å². The van der Waals surface area contributed by atoms with Gasteiger partial charge in [0.25, 0.3) is 5.91 Å². The van der Waals surface area contributed by atoms with Crippen LogP contribution in [0.2, 0.25) is 0 Å². The first-order chi connectivity index (χ1) is 11.0. The number of hydrogen-bond acceptors (Lipinski definition) is 1. The fourth-order valence-electron chi connectivity index (χ4n) is 2.72. The molecule has 0 aliphatic rings. The van der Waals surface area contributed by atoms with Crippen LogP contribution in [0, 0.1) is 19.7 Å². The molecular formula is C19H19FN2O. The third kappa shape index (κ3) is 2.97.